The van der Waals surface area contributed by atoms with Gasteiger partial charge in [-0.1, -0.05) is 0 Å². The van der Waals surface area contributed by atoms with Crippen molar-refractivity contribution in [3.63, 3.8) is 0 Å². The Labute approximate surface area is 93.7 Å². The van der Waals surface area contributed by atoms with Gasteiger partial charge in [0.25, 0.3) is 5.91 Å². The number of furan rings is 1. The number of hydrogen-bond acceptors (Lipinski definition) is 4. The summed E-state index contributed by atoms with van der Waals surface area (Å²) < 4.78 is 27.5. The molecule has 6 heteroatoms. The molecule has 1 atom stereocenters. The van der Waals surface area contributed by atoms with Gasteiger partial charge in [0.2, 0.25) is 0 Å². The molecular weight excluding hydrogens is 230 g/mol. The van der Waals surface area contributed by atoms with Gasteiger partial charge in [-0.2, -0.15) is 0 Å². The minimum absolute atomic E-state index is 0.00356. The van der Waals surface area contributed by atoms with Crippen LogP contribution in [0.25, 0.3) is 0 Å². The highest BCUT2D eigenvalue weighted by atomic mass is 32.2. The minimum atomic E-state index is -3.01. The van der Waals surface area contributed by atoms with Crippen molar-refractivity contribution >= 4 is 15.7 Å². The molecule has 1 saturated heterocycles. The van der Waals surface area contributed by atoms with Gasteiger partial charge < -0.3 is 9.73 Å². The lowest BCUT2D eigenvalue weighted by Crippen LogP contribution is -2.46. The van der Waals surface area contributed by atoms with E-state index in [1.807, 2.05) is 0 Å². The lowest BCUT2D eigenvalue weighted by Gasteiger charge is -2.23. The number of sulfone groups is 1. The fourth-order valence-corrected chi connectivity index (χ4v) is 3.94. The third-order valence-corrected chi connectivity index (χ3v) is 4.61. The Balaban J connectivity index is 2.09. The van der Waals surface area contributed by atoms with Gasteiger partial charge in [-0.15, -0.1) is 0 Å². The van der Waals surface area contributed by atoms with E-state index in [2.05, 4.69) is 5.32 Å². The lowest BCUT2D eigenvalue weighted by atomic mass is 10.0. The third-order valence-electron chi connectivity index (χ3n) is 2.70. The highest BCUT2D eigenvalue weighted by Gasteiger charge is 2.39. The molecule has 1 unspecified atom stereocenters. The van der Waals surface area contributed by atoms with Gasteiger partial charge in [0, 0.05) is 0 Å². The largest absolute Gasteiger partial charge is 0.472 e. The fourth-order valence-electron chi connectivity index (χ4n) is 1.85. The summed E-state index contributed by atoms with van der Waals surface area (Å²) in [5.74, 6) is -0.160. The van der Waals surface area contributed by atoms with Crippen LogP contribution >= 0.6 is 0 Å². The molecule has 0 aliphatic carbocycles. The van der Waals surface area contributed by atoms with E-state index < -0.39 is 15.4 Å². The van der Waals surface area contributed by atoms with Crippen LogP contribution in [0, 0.1) is 0 Å². The summed E-state index contributed by atoms with van der Waals surface area (Å²) in [4.78, 5) is 11.7. The smallest absolute Gasteiger partial charge is 0.254 e. The first-order chi connectivity index (χ1) is 7.40. The van der Waals surface area contributed by atoms with Crippen LogP contribution in [-0.2, 0) is 9.84 Å². The van der Waals surface area contributed by atoms with Gasteiger partial charge in [0.05, 0.1) is 28.9 Å². The van der Waals surface area contributed by atoms with E-state index in [9.17, 15) is 13.2 Å². The molecule has 1 amide bonds. The average molecular weight is 243 g/mol. The van der Waals surface area contributed by atoms with Gasteiger partial charge >= 0.3 is 0 Å². The summed E-state index contributed by atoms with van der Waals surface area (Å²) in [6.45, 7) is 1.75. The molecule has 2 heterocycles. The van der Waals surface area contributed by atoms with Crippen molar-refractivity contribution in [2.75, 3.05) is 11.5 Å². The summed E-state index contributed by atoms with van der Waals surface area (Å²) in [7, 11) is -3.01. The molecule has 88 valence electrons. The molecular formula is C10H13NO4S. The summed E-state index contributed by atoms with van der Waals surface area (Å²) in [6.07, 6.45) is 3.20. The molecule has 16 heavy (non-hydrogen) atoms. The van der Waals surface area contributed by atoms with E-state index in [-0.39, 0.29) is 17.4 Å². The van der Waals surface area contributed by atoms with Crippen molar-refractivity contribution < 1.29 is 17.6 Å². The van der Waals surface area contributed by atoms with Crippen molar-refractivity contribution in [2.45, 2.75) is 18.9 Å². The molecule has 1 aliphatic heterocycles. The predicted molar refractivity (Wildman–Crippen MR) is 57.9 cm³/mol. The number of nitrogens with one attached hydrogen (secondary N) is 1. The van der Waals surface area contributed by atoms with Crippen molar-refractivity contribution in [2.24, 2.45) is 0 Å². The summed E-state index contributed by atoms with van der Waals surface area (Å²) in [5.41, 5.74) is -0.252. The monoisotopic (exact) mass is 243 g/mol. The van der Waals surface area contributed by atoms with Crippen LogP contribution in [-0.4, -0.2) is 31.4 Å². The first-order valence-corrected chi connectivity index (χ1v) is 6.78. The quantitative estimate of drug-likeness (QED) is 0.824. The highest BCUT2D eigenvalue weighted by Crippen LogP contribution is 2.23. The number of carbonyl (C=O) groups is 1. The molecule has 0 bridgehead atoms. The number of hydrogen-bond donors (Lipinski definition) is 1. The standard InChI is InChI=1S/C10H13NO4S/c1-10(3-5-16(13,14)7-10)11-9(12)8-2-4-15-6-8/h2,4,6H,3,5,7H2,1H3,(H,11,12). The maximum Gasteiger partial charge on any atom is 0.254 e. The second-order valence-electron chi connectivity index (χ2n) is 4.37. The van der Waals surface area contributed by atoms with Crippen molar-refractivity contribution in [1.82, 2.24) is 5.32 Å². The average Bonchev–Trinajstić information content (AvgIpc) is 2.73. The lowest BCUT2D eigenvalue weighted by molar-refractivity contribution is 0.0915. The summed E-state index contributed by atoms with van der Waals surface area (Å²) in [5, 5.41) is 2.74. The first-order valence-electron chi connectivity index (χ1n) is 4.95. The Morgan fingerprint density at radius 2 is 2.31 bits per heavy atom. The van der Waals surface area contributed by atoms with E-state index in [1.165, 1.54) is 12.5 Å². The van der Waals surface area contributed by atoms with Crippen LogP contribution in [0.3, 0.4) is 0 Å². The maximum absolute atomic E-state index is 11.7. The molecule has 1 aromatic rings. The van der Waals surface area contributed by atoms with E-state index in [4.69, 9.17) is 4.42 Å². The molecule has 0 saturated carbocycles. The van der Waals surface area contributed by atoms with Gasteiger partial charge in [0.1, 0.15) is 6.26 Å². The second kappa shape index (κ2) is 3.62. The van der Waals surface area contributed by atoms with Gasteiger partial charge in [-0.25, -0.2) is 8.42 Å². The van der Waals surface area contributed by atoms with Gasteiger partial charge in [0.15, 0.2) is 9.84 Å². The Morgan fingerprint density at radius 3 is 2.81 bits per heavy atom. The fraction of sp³-hybridized carbons (Fsp3) is 0.500. The second-order valence-corrected chi connectivity index (χ2v) is 6.55. The Hall–Kier alpha value is -1.30. The van der Waals surface area contributed by atoms with Crippen LogP contribution < -0.4 is 5.32 Å². The van der Waals surface area contributed by atoms with E-state index >= 15 is 0 Å². The molecule has 2 rings (SSSR count). The number of carbonyl (C=O) groups excluding carboxylic acids is 1. The normalized spacial score (nSPS) is 27.8. The molecule has 5 nitrogen and oxygen atoms in total. The Morgan fingerprint density at radius 1 is 1.56 bits per heavy atom. The first kappa shape index (κ1) is 11.2. The van der Waals surface area contributed by atoms with Gasteiger partial charge in [-0.05, 0) is 19.4 Å². The maximum atomic E-state index is 11.7. The molecule has 0 aromatic carbocycles. The molecule has 0 spiro atoms. The molecule has 1 aliphatic rings. The van der Waals surface area contributed by atoms with Crippen LogP contribution in [0.4, 0.5) is 0 Å². The van der Waals surface area contributed by atoms with Crippen LogP contribution in [0.2, 0.25) is 0 Å². The van der Waals surface area contributed by atoms with Crippen LogP contribution in [0.15, 0.2) is 23.0 Å². The number of amides is 1. The number of rotatable bonds is 2. The Bertz CT molecular complexity index is 491. The van der Waals surface area contributed by atoms with E-state index in [0.29, 0.717) is 12.0 Å². The highest BCUT2D eigenvalue weighted by molar-refractivity contribution is 7.91. The van der Waals surface area contributed by atoms with Crippen molar-refractivity contribution in [3.05, 3.63) is 24.2 Å². The van der Waals surface area contributed by atoms with Crippen LogP contribution in [0.1, 0.15) is 23.7 Å². The third kappa shape index (κ3) is 2.27. The zero-order valence-electron chi connectivity index (χ0n) is 8.89. The van der Waals surface area contributed by atoms with Crippen molar-refractivity contribution in [1.29, 1.82) is 0 Å². The SMILES string of the molecule is CC1(NC(=O)c2ccoc2)CCS(=O)(=O)C1. The zero-order valence-corrected chi connectivity index (χ0v) is 9.71. The molecule has 0 radical (unpaired) electrons. The molecule has 1 N–H and O–H groups in total. The minimum Gasteiger partial charge on any atom is -0.472 e. The Kier molecular flexibility index (Phi) is 2.53. The van der Waals surface area contributed by atoms with E-state index in [1.54, 1.807) is 13.0 Å². The van der Waals surface area contributed by atoms with Crippen molar-refractivity contribution in [3.8, 4) is 0 Å². The molecule has 1 fully saturated rings. The zero-order chi connectivity index (χ0) is 11.8. The van der Waals surface area contributed by atoms with E-state index in [0.717, 1.165) is 0 Å². The summed E-state index contributed by atoms with van der Waals surface area (Å²) in [6, 6.07) is 1.54. The van der Waals surface area contributed by atoms with Crippen LogP contribution in [0.5, 0.6) is 0 Å². The van der Waals surface area contributed by atoms with Gasteiger partial charge in [-0.3, -0.25) is 4.79 Å². The topological polar surface area (TPSA) is 76.4 Å². The predicted octanol–water partition coefficient (Wildman–Crippen LogP) is 0.587. The molecule has 1 aromatic heterocycles. The summed E-state index contributed by atoms with van der Waals surface area (Å²) >= 11 is 0.